The number of rotatable bonds is 18. The molecule has 4 aliphatic heterocycles. The van der Waals surface area contributed by atoms with Crippen molar-refractivity contribution in [2.75, 3.05) is 184 Å². The van der Waals surface area contributed by atoms with E-state index in [2.05, 4.69) is 59.3 Å². The normalized spacial score (nSPS) is 26.0. The lowest BCUT2D eigenvalue weighted by Crippen LogP contribution is -2.67. The van der Waals surface area contributed by atoms with Crippen molar-refractivity contribution in [2.24, 2.45) is 5.73 Å². The Labute approximate surface area is 359 Å². The van der Waals surface area contributed by atoms with Crippen LogP contribution in [0.2, 0.25) is 0 Å². The fourth-order valence-corrected chi connectivity index (χ4v) is 7.86. The Morgan fingerprint density at radius 2 is 0.898 bits per heavy atom. The first kappa shape index (κ1) is 52.3. The molecule has 1 amide bonds. The standard InChI is InChI=1S/C43H91N11O5/c1-2-3-4-5-6-7-8-9-10-11-20-53-22-26-56-30-32-58-28-24-54(25-29-59-33-31-57-27-23-53)21-12-13-51-41(55)34-52-43-38-48-17-14-45-35-42(44,36-46-15-18-49-39-43)37-47-16-19-50-40-43/h45-50,52H,2-40,44H2,1H3,(H,51,55). The second-order valence-corrected chi connectivity index (χ2v) is 17.1. The highest BCUT2D eigenvalue weighted by molar-refractivity contribution is 5.78. The van der Waals surface area contributed by atoms with Gasteiger partial charge >= 0.3 is 0 Å². The first-order valence-corrected chi connectivity index (χ1v) is 23.8. The molecule has 0 aliphatic carbocycles. The van der Waals surface area contributed by atoms with Crippen molar-refractivity contribution in [1.82, 2.24) is 52.3 Å². The molecule has 4 rings (SSSR count). The Balaban J connectivity index is 1.33. The number of nitrogens with zero attached hydrogens (tertiary/aromatic N) is 2. The predicted octanol–water partition coefficient (Wildman–Crippen LogP) is -0.312. The molecule has 16 nitrogen and oxygen atoms in total. The lowest BCUT2D eigenvalue weighted by atomic mass is 9.98. The van der Waals surface area contributed by atoms with Crippen molar-refractivity contribution >= 4 is 5.91 Å². The van der Waals surface area contributed by atoms with Gasteiger partial charge in [-0.3, -0.25) is 19.9 Å². The van der Waals surface area contributed by atoms with E-state index in [0.29, 0.717) is 59.4 Å². The molecule has 59 heavy (non-hydrogen) atoms. The van der Waals surface area contributed by atoms with Gasteiger partial charge in [-0.15, -0.1) is 0 Å². The second-order valence-electron chi connectivity index (χ2n) is 17.1. The zero-order valence-corrected chi connectivity index (χ0v) is 37.6. The van der Waals surface area contributed by atoms with E-state index < -0.39 is 0 Å². The summed E-state index contributed by atoms with van der Waals surface area (Å²) in [7, 11) is 0. The zero-order valence-electron chi connectivity index (χ0n) is 37.6. The predicted molar refractivity (Wildman–Crippen MR) is 240 cm³/mol. The molecule has 4 aliphatic rings. The van der Waals surface area contributed by atoms with E-state index >= 15 is 0 Å². The monoisotopic (exact) mass is 842 g/mol. The summed E-state index contributed by atoms with van der Waals surface area (Å²) >= 11 is 0. The highest BCUT2D eigenvalue weighted by atomic mass is 16.5. The Morgan fingerprint density at radius 3 is 1.32 bits per heavy atom. The summed E-state index contributed by atoms with van der Waals surface area (Å²) in [6.07, 6.45) is 14.4. The molecule has 0 radical (unpaired) electrons. The number of unbranched alkanes of at least 4 members (excludes halogenated alkanes) is 9. The Morgan fingerprint density at radius 1 is 0.525 bits per heavy atom. The van der Waals surface area contributed by atoms with Gasteiger partial charge in [0.25, 0.3) is 0 Å². The first-order valence-electron chi connectivity index (χ1n) is 23.8. The van der Waals surface area contributed by atoms with E-state index in [0.717, 1.165) is 124 Å². The van der Waals surface area contributed by atoms with E-state index in [1.807, 2.05) is 0 Å². The maximum atomic E-state index is 13.1. The minimum Gasteiger partial charge on any atom is -0.378 e. The molecule has 10 N–H and O–H groups in total. The highest BCUT2D eigenvalue weighted by Crippen LogP contribution is 2.11. The van der Waals surface area contributed by atoms with Crippen molar-refractivity contribution in [2.45, 2.75) is 88.6 Å². The van der Waals surface area contributed by atoms with Gasteiger partial charge in [-0.1, -0.05) is 64.7 Å². The van der Waals surface area contributed by atoms with E-state index in [1.165, 1.54) is 64.2 Å². The van der Waals surface area contributed by atoms with Crippen LogP contribution in [0.15, 0.2) is 0 Å². The average Bonchev–Trinajstić information content (AvgIpc) is 3.23. The third-order valence-corrected chi connectivity index (χ3v) is 11.6. The molecule has 0 unspecified atom stereocenters. The van der Waals surface area contributed by atoms with Gasteiger partial charge in [0.05, 0.1) is 70.5 Å². The molecule has 0 saturated carbocycles. The number of carbonyl (C=O) groups excluding carboxylic acids is 1. The van der Waals surface area contributed by atoms with Crippen LogP contribution in [0.3, 0.4) is 0 Å². The lowest BCUT2D eigenvalue weighted by molar-refractivity contribution is -0.120. The molecule has 4 saturated heterocycles. The summed E-state index contributed by atoms with van der Waals surface area (Å²) in [5, 5.41) is 28.3. The van der Waals surface area contributed by atoms with Gasteiger partial charge in [-0.05, 0) is 25.9 Å². The fourth-order valence-electron chi connectivity index (χ4n) is 7.86. The van der Waals surface area contributed by atoms with Gasteiger partial charge in [-0.2, -0.15) is 0 Å². The highest BCUT2D eigenvalue weighted by Gasteiger charge is 2.30. The quantitative estimate of drug-likeness (QED) is 0.0820. The smallest absolute Gasteiger partial charge is 0.233 e. The number of nitrogens with two attached hydrogens (primary N) is 1. The fraction of sp³-hybridized carbons (Fsp3) is 0.977. The average molecular weight is 842 g/mol. The van der Waals surface area contributed by atoms with Crippen LogP contribution in [-0.4, -0.2) is 211 Å². The molecule has 16 heteroatoms. The topological polar surface area (TPSA) is 183 Å². The molecular formula is C43H91N11O5. The van der Waals surface area contributed by atoms with Crippen LogP contribution in [0.25, 0.3) is 0 Å². The van der Waals surface area contributed by atoms with Crippen LogP contribution in [-0.2, 0) is 23.7 Å². The molecule has 0 atom stereocenters. The van der Waals surface area contributed by atoms with E-state index in [1.54, 1.807) is 0 Å². The molecule has 4 fully saturated rings. The first-order chi connectivity index (χ1) is 29.0. The number of amides is 1. The SMILES string of the molecule is CCCCCCCCCCCCN1CCOCCOCCN(CCCNC(=O)CNC23CNCCNCC(N)(CNCCNC2)CNCCNC3)CCOCCOCC1. The van der Waals surface area contributed by atoms with Crippen LogP contribution >= 0.6 is 0 Å². The van der Waals surface area contributed by atoms with E-state index in [4.69, 9.17) is 24.7 Å². The van der Waals surface area contributed by atoms with Gasteiger partial charge in [0, 0.05) is 111 Å². The molecular weight excluding hydrogens is 751 g/mol. The molecule has 0 spiro atoms. The van der Waals surface area contributed by atoms with Crippen LogP contribution < -0.4 is 48.3 Å². The van der Waals surface area contributed by atoms with Crippen LogP contribution in [0.4, 0.5) is 0 Å². The number of fused-ring (bicyclic) bond motifs is 15. The van der Waals surface area contributed by atoms with Crippen molar-refractivity contribution in [3.8, 4) is 0 Å². The van der Waals surface area contributed by atoms with Crippen molar-refractivity contribution in [1.29, 1.82) is 0 Å². The Hall–Kier alpha value is -1.09. The van der Waals surface area contributed by atoms with Crippen molar-refractivity contribution in [3.05, 3.63) is 0 Å². The summed E-state index contributed by atoms with van der Waals surface area (Å²) in [5.41, 5.74) is 6.06. The second kappa shape index (κ2) is 35.4. The molecule has 0 aromatic heterocycles. The number of hydrogen-bond acceptors (Lipinski definition) is 15. The molecule has 348 valence electrons. The molecule has 0 aromatic carbocycles. The van der Waals surface area contributed by atoms with Gasteiger partial charge in [0.15, 0.2) is 0 Å². The van der Waals surface area contributed by atoms with Crippen molar-refractivity contribution in [3.63, 3.8) is 0 Å². The maximum Gasteiger partial charge on any atom is 0.233 e. The number of nitrogens with one attached hydrogen (secondary N) is 8. The van der Waals surface area contributed by atoms with E-state index in [9.17, 15) is 4.79 Å². The van der Waals surface area contributed by atoms with Crippen LogP contribution in [0.5, 0.6) is 0 Å². The third-order valence-electron chi connectivity index (χ3n) is 11.6. The lowest BCUT2D eigenvalue weighted by Gasteiger charge is -2.37. The van der Waals surface area contributed by atoms with Crippen LogP contribution in [0.1, 0.15) is 77.6 Å². The van der Waals surface area contributed by atoms with Gasteiger partial charge in [0.2, 0.25) is 5.91 Å². The minimum atomic E-state index is -0.349. The summed E-state index contributed by atoms with van der Waals surface area (Å²) in [6, 6.07) is 0. The number of ether oxygens (including phenoxy) is 4. The number of carbonyl (C=O) groups is 1. The third kappa shape index (κ3) is 27.6. The summed E-state index contributed by atoms with van der Waals surface area (Å²) in [5.74, 6) is 0.00997. The van der Waals surface area contributed by atoms with Crippen LogP contribution in [0, 0.1) is 0 Å². The minimum absolute atomic E-state index is 0.00997. The van der Waals surface area contributed by atoms with Gasteiger partial charge in [-0.25, -0.2) is 0 Å². The van der Waals surface area contributed by atoms with Gasteiger partial charge in [0.1, 0.15) is 0 Å². The molecule has 2 bridgehead atoms. The zero-order chi connectivity index (χ0) is 41.8. The Bertz CT molecular complexity index is 927. The van der Waals surface area contributed by atoms with Gasteiger partial charge < -0.3 is 61.9 Å². The van der Waals surface area contributed by atoms with E-state index in [-0.39, 0.29) is 23.5 Å². The summed E-state index contributed by atoms with van der Waals surface area (Å²) in [6.45, 7) is 23.0. The van der Waals surface area contributed by atoms with Crippen molar-refractivity contribution < 1.29 is 23.7 Å². The maximum absolute atomic E-state index is 13.1. The molecule has 4 heterocycles. The number of hydrogen-bond donors (Lipinski definition) is 9. The summed E-state index contributed by atoms with van der Waals surface area (Å²) in [4.78, 5) is 18.0. The summed E-state index contributed by atoms with van der Waals surface area (Å²) < 4.78 is 23.9. The molecule has 0 aromatic rings. The Kier molecular flexibility index (Phi) is 31.3. The largest absolute Gasteiger partial charge is 0.378 e.